The van der Waals surface area contributed by atoms with Crippen molar-refractivity contribution in [2.24, 2.45) is 0 Å². The number of nitrogens with zero attached hydrogens (tertiary/aromatic N) is 1. The third-order valence-corrected chi connectivity index (χ3v) is 6.54. The Morgan fingerprint density at radius 2 is 2.17 bits per heavy atom. The first kappa shape index (κ1) is 16.1. The van der Waals surface area contributed by atoms with Gasteiger partial charge in [0.15, 0.2) is 0 Å². The average molecular weight is 356 g/mol. The second kappa shape index (κ2) is 6.47. The lowest BCUT2D eigenvalue weighted by Gasteiger charge is -2.26. The Balaban J connectivity index is 3.15. The van der Waals surface area contributed by atoms with E-state index in [0.29, 0.717) is 18.0 Å². The number of sulfonamides is 1. The first-order chi connectivity index (χ1) is 8.34. The predicted molar refractivity (Wildman–Crippen MR) is 77.7 cm³/mol. The van der Waals surface area contributed by atoms with Gasteiger partial charge in [-0.1, -0.05) is 6.92 Å². The molecule has 0 aromatic carbocycles. The highest BCUT2D eigenvalue weighted by Crippen LogP contribution is 2.32. The molecule has 0 aliphatic heterocycles. The highest BCUT2D eigenvalue weighted by Gasteiger charge is 2.30. The molecule has 0 radical (unpaired) electrons. The number of aryl methyl sites for hydroxylation is 1. The van der Waals surface area contributed by atoms with Crippen LogP contribution in [0.3, 0.4) is 0 Å². The van der Waals surface area contributed by atoms with E-state index in [1.54, 1.807) is 13.2 Å². The highest BCUT2D eigenvalue weighted by atomic mass is 79.9. The minimum atomic E-state index is -3.45. The van der Waals surface area contributed by atoms with Crippen molar-refractivity contribution >= 4 is 37.3 Å². The van der Waals surface area contributed by atoms with Gasteiger partial charge in [0.2, 0.25) is 10.0 Å². The molecular formula is C11H18BrNO3S2. The van der Waals surface area contributed by atoms with Gasteiger partial charge in [0.05, 0.1) is 15.3 Å². The lowest BCUT2D eigenvalue weighted by molar-refractivity contribution is 0.142. The second-order valence-corrected chi connectivity index (χ2v) is 8.48. The lowest BCUT2D eigenvalue weighted by Crippen LogP contribution is -2.40. The third-order valence-electron chi connectivity index (χ3n) is 2.64. The van der Waals surface area contributed by atoms with E-state index in [9.17, 15) is 8.42 Å². The quantitative estimate of drug-likeness (QED) is 0.788. The monoisotopic (exact) mass is 355 g/mol. The fourth-order valence-corrected chi connectivity index (χ4v) is 5.87. The van der Waals surface area contributed by atoms with E-state index in [1.165, 1.54) is 15.6 Å². The average Bonchev–Trinajstić information content (AvgIpc) is 2.59. The summed E-state index contributed by atoms with van der Waals surface area (Å²) in [5.41, 5.74) is 0. The van der Waals surface area contributed by atoms with E-state index in [0.717, 1.165) is 8.66 Å². The number of thiophene rings is 1. The molecule has 0 bridgehead atoms. The molecule has 0 saturated carbocycles. The molecule has 0 spiro atoms. The molecule has 0 amide bonds. The summed E-state index contributed by atoms with van der Waals surface area (Å²) < 4.78 is 32.5. The van der Waals surface area contributed by atoms with Crippen LogP contribution in [0.15, 0.2) is 14.7 Å². The van der Waals surface area contributed by atoms with Crippen LogP contribution in [0.1, 0.15) is 18.7 Å². The fraction of sp³-hybridized carbons (Fsp3) is 0.636. The van der Waals surface area contributed by atoms with E-state index in [2.05, 4.69) is 15.9 Å². The number of methoxy groups -OCH3 is 1. The van der Waals surface area contributed by atoms with E-state index < -0.39 is 10.0 Å². The smallest absolute Gasteiger partial charge is 0.244 e. The summed E-state index contributed by atoms with van der Waals surface area (Å²) in [4.78, 5) is 1.18. The standard InChI is InChI=1S/C11H18BrNO3S2/c1-5-13(8(2)7-16-4)18(14,15)10-6-11(12)17-9(10)3/h6,8H,5,7H2,1-4H3. The molecule has 104 valence electrons. The first-order valence-electron chi connectivity index (χ1n) is 5.61. The van der Waals surface area contributed by atoms with Crippen molar-refractivity contribution in [1.29, 1.82) is 0 Å². The molecule has 1 atom stereocenters. The van der Waals surface area contributed by atoms with Crippen LogP contribution in [0, 0.1) is 6.92 Å². The SMILES string of the molecule is CCN(C(C)COC)S(=O)(=O)c1cc(Br)sc1C. The minimum absolute atomic E-state index is 0.178. The Labute approximate surface area is 121 Å². The molecule has 18 heavy (non-hydrogen) atoms. The van der Waals surface area contributed by atoms with Gasteiger partial charge in [-0.2, -0.15) is 4.31 Å². The highest BCUT2D eigenvalue weighted by molar-refractivity contribution is 9.11. The van der Waals surface area contributed by atoms with Gasteiger partial charge in [0.25, 0.3) is 0 Å². The minimum Gasteiger partial charge on any atom is -0.383 e. The molecule has 0 saturated heterocycles. The van der Waals surface area contributed by atoms with Crippen LogP contribution < -0.4 is 0 Å². The molecular weight excluding hydrogens is 338 g/mol. The largest absolute Gasteiger partial charge is 0.383 e. The molecule has 0 aliphatic carbocycles. The van der Waals surface area contributed by atoms with E-state index >= 15 is 0 Å². The van der Waals surface area contributed by atoms with Gasteiger partial charge in [-0.15, -0.1) is 11.3 Å². The van der Waals surface area contributed by atoms with Crippen LogP contribution in [-0.4, -0.2) is 39.0 Å². The molecule has 7 heteroatoms. The molecule has 0 N–H and O–H groups in total. The summed E-state index contributed by atoms with van der Waals surface area (Å²) in [6.45, 7) is 6.32. The Kier molecular flexibility index (Phi) is 5.79. The summed E-state index contributed by atoms with van der Waals surface area (Å²) in [6, 6.07) is 1.49. The van der Waals surface area contributed by atoms with Crippen molar-refractivity contribution in [3.63, 3.8) is 0 Å². The molecule has 0 aliphatic rings. The van der Waals surface area contributed by atoms with E-state index in [4.69, 9.17) is 4.74 Å². The van der Waals surface area contributed by atoms with Crippen LogP contribution in [0.5, 0.6) is 0 Å². The first-order valence-corrected chi connectivity index (χ1v) is 8.66. The zero-order valence-corrected chi connectivity index (χ0v) is 14.2. The van der Waals surface area contributed by atoms with Crippen molar-refractivity contribution in [2.45, 2.75) is 31.7 Å². The van der Waals surface area contributed by atoms with Crippen LogP contribution in [0.25, 0.3) is 0 Å². The third kappa shape index (κ3) is 3.33. The van der Waals surface area contributed by atoms with Gasteiger partial charge in [-0.05, 0) is 35.8 Å². The maximum atomic E-state index is 12.6. The number of rotatable bonds is 6. The predicted octanol–water partition coefficient (Wildman–Crippen LogP) is 2.86. The number of ether oxygens (including phenoxy) is 1. The summed E-state index contributed by atoms with van der Waals surface area (Å²) in [5.74, 6) is 0. The molecule has 1 rings (SSSR count). The molecule has 1 aromatic heterocycles. The van der Waals surface area contributed by atoms with Gasteiger partial charge in [-0.25, -0.2) is 8.42 Å². The van der Waals surface area contributed by atoms with E-state index in [-0.39, 0.29) is 6.04 Å². The van der Waals surface area contributed by atoms with Crippen molar-refractivity contribution in [2.75, 3.05) is 20.3 Å². The van der Waals surface area contributed by atoms with Crippen molar-refractivity contribution in [3.8, 4) is 0 Å². The Hall–Kier alpha value is 0.0500. The Bertz CT molecular complexity index is 498. The summed E-state index contributed by atoms with van der Waals surface area (Å²) in [6.07, 6.45) is 0. The normalized spacial score (nSPS) is 14.1. The van der Waals surface area contributed by atoms with Gasteiger partial charge in [0, 0.05) is 24.6 Å². The summed E-state index contributed by atoms with van der Waals surface area (Å²) in [5, 5.41) is 0. The van der Waals surface area contributed by atoms with Crippen LogP contribution in [0.2, 0.25) is 0 Å². The van der Waals surface area contributed by atoms with Crippen molar-refractivity contribution < 1.29 is 13.2 Å². The van der Waals surface area contributed by atoms with Crippen LogP contribution in [0.4, 0.5) is 0 Å². The van der Waals surface area contributed by atoms with Gasteiger partial charge < -0.3 is 4.74 Å². The number of hydrogen-bond donors (Lipinski definition) is 0. The molecule has 1 aromatic rings. The maximum absolute atomic E-state index is 12.6. The fourth-order valence-electron chi connectivity index (χ4n) is 1.86. The molecule has 0 fully saturated rings. The van der Waals surface area contributed by atoms with Crippen molar-refractivity contribution in [3.05, 3.63) is 14.7 Å². The second-order valence-electron chi connectivity index (χ2n) is 3.98. The van der Waals surface area contributed by atoms with Crippen LogP contribution in [-0.2, 0) is 14.8 Å². The van der Waals surface area contributed by atoms with E-state index in [1.807, 2.05) is 20.8 Å². The Morgan fingerprint density at radius 3 is 2.56 bits per heavy atom. The topological polar surface area (TPSA) is 46.6 Å². The lowest BCUT2D eigenvalue weighted by atomic mass is 10.4. The van der Waals surface area contributed by atoms with Gasteiger partial charge >= 0.3 is 0 Å². The summed E-state index contributed by atoms with van der Waals surface area (Å²) >= 11 is 4.75. The van der Waals surface area contributed by atoms with Crippen molar-refractivity contribution in [1.82, 2.24) is 4.31 Å². The zero-order chi connectivity index (χ0) is 13.9. The molecule has 4 nitrogen and oxygen atoms in total. The van der Waals surface area contributed by atoms with Crippen LogP contribution >= 0.6 is 27.3 Å². The van der Waals surface area contributed by atoms with Gasteiger partial charge in [0.1, 0.15) is 0 Å². The molecule has 1 heterocycles. The zero-order valence-electron chi connectivity index (χ0n) is 10.9. The Morgan fingerprint density at radius 1 is 1.56 bits per heavy atom. The number of halogens is 1. The number of likely N-dealkylation sites (N-methyl/N-ethyl adjacent to an activating group) is 1. The summed E-state index contributed by atoms with van der Waals surface area (Å²) in [7, 11) is -1.88. The number of hydrogen-bond acceptors (Lipinski definition) is 4. The van der Waals surface area contributed by atoms with Gasteiger partial charge in [-0.3, -0.25) is 0 Å². The molecule has 1 unspecified atom stereocenters. The maximum Gasteiger partial charge on any atom is 0.244 e.